The van der Waals surface area contributed by atoms with Crippen LogP contribution in [0.25, 0.3) is 0 Å². The van der Waals surface area contributed by atoms with E-state index in [4.69, 9.17) is 17.3 Å². The van der Waals surface area contributed by atoms with Gasteiger partial charge in [-0.25, -0.2) is 0 Å². The predicted octanol–water partition coefficient (Wildman–Crippen LogP) is 1.17. The first kappa shape index (κ1) is 10.1. The van der Waals surface area contributed by atoms with Gasteiger partial charge in [0.2, 0.25) is 0 Å². The van der Waals surface area contributed by atoms with E-state index in [9.17, 15) is 8.42 Å². The first-order chi connectivity index (χ1) is 6.03. The van der Waals surface area contributed by atoms with Gasteiger partial charge in [0.1, 0.15) is 5.75 Å². The Labute approximate surface area is 81.4 Å². The summed E-state index contributed by atoms with van der Waals surface area (Å²) in [5.74, 6) is 0.167. The summed E-state index contributed by atoms with van der Waals surface area (Å²) in [5, 5.41) is -0.582. The number of hydrogen-bond donors (Lipinski definition) is 1. The van der Waals surface area contributed by atoms with E-state index in [-0.39, 0.29) is 5.75 Å². The van der Waals surface area contributed by atoms with Crippen LogP contribution in [0.3, 0.4) is 0 Å². The molecule has 0 unspecified atom stereocenters. The number of anilines is 1. The molecule has 0 amide bonds. The molecule has 0 atom stereocenters. The second-order valence-electron chi connectivity index (χ2n) is 2.32. The van der Waals surface area contributed by atoms with Gasteiger partial charge in [0, 0.05) is 11.8 Å². The quantitative estimate of drug-likeness (QED) is 0.473. The maximum absolute atomic E-state index is 10.9. The van der Waals surface area contributed by atoms with Gasteiger partial charge in [-0.15, -0.1) is 11.6 Å². The summed E-state index contributed by atoms with van der Waals surface area (Å²) in [7, 11) is -3.68. The summed E-state index contributed by atoms with van der Waals surface area (Å²) in [6, 6.07) is 6.11. The van der Waals surface area contributed by atoms with Gasteiger partial charge in [-0.2, -0.15) is 8.42 Å². The number of rotatable bonds is 3. The lowest BCUT2D eigenvalue weighted by molar-refractivity contribution is 0.491. The monoisotopic (exact) mass is 221 g/mol. The number of benzene rings is 1. The average molecular weight is 222 g/mol. The fourth-order valence-electron chi connectivity index (χ4n) is 0.735. The zero-order chi connectivity index (χ0) is 9.90. The van der Waals surface area contributed by atoms with E-state index in [1.54, 1.807) is 12.1 Å². The van der Waals surface area contributed by atoms with E-state index < -0.39 is 15.3 Å². The van der Waals surface area contributed by atoms with Crippen LogP contribution >= 0.6 is 11.6 Å². The van der Waals surface area contributed by atoms with Gasteiger partial charge in [-0.3, -0.25) is 0 Å². The summed E-state index contributed by atoms with van der Waals surface area (Å²) in [5.41, 5.74) is 5.84. The Kier molecular flexibility index (Phi) is 3.00. The van der Waals surface area contributed by atoms with Crippen molar-refractivity contribution < 1.29 is 12.6 Å². The maximum Gasteiger partial charge on any atom is 0.323 e. The number of alkyl halides is 1. The predicted molar refractivity (Wildman–Crippen MR) is 51.1 cm³/mol. The minimum Gasteiger partial charge on any atom is -0.399 e. The SMILES string of the molecule is Nc1cccc(OS(=O)(=O)CCl)c1. The molecule has 13 heavy (non-hydrogen) atoms. The van der Waals surface area contributed by atoms with Crippen molar-refractivity contribution in [2.75, 3.05) is 10.9 Å². The van der Waals surface area contributed by atoms with Crippen molar-refractivity contribution in [3.63, 3.8) is 0 Å². The Bertz CT molecular complexity index is 390. The Morgan fingerprint density at radius 1 is 1.46 bits per heavy atom. The minimum absolute atomic E-state index is 0.167. The second kappa shape index (κ2) is 3.85. The Hall–Kier alpha value is -0.940. The Morgan fingerprint density at radius 3 is 2.69 bits per heavy atom. The number of halogens is 1. The summed E-state index contributed by atoms with van der Waals surface area (Å²) < 4.78 is 26.4. The molecule has 1 aromatic carbocycles. The van der Waals surface area contributed by atoms with Gasteiger partial charge < -0.3 is 9.92 Å². The van der Waals surface area contributed by atoms with Gasteiger partial charge in [0.25, 0.3) is 0 Å². The molecule has 0 saturated heterocycles. The smallest absolute Gasteiger partial charge is 0.323 e. The normalized spacial score (nSPS) is 11.2. The zero-order valence-electron chi connectivity index (χ0n) is 6.60. The molecule has 0 aliphatic carbocycles. The zero-order valence-corrected chi connectivity index (χ0v) is 8.18. The summed E-state index contributed by atoms with van der Waals surface area (Å²) in [4.78, 5) is 0. The molecule has 2 N–H and O–H groups in total. The molecule has 0 heterocycles. The van der Waals surface area contributed by atoms with Crippen LogP contribution in [0, 0.1) is 0 Å². The van der Waals surface area contributed by atoms with Gasteiger partial charge in [0.05, 0.1) is 0 Å². The molecule has 0 aliphatic heterocycles. The highest BCUT2D eigenvalue weighted by Crippen LogP contribution is 2.16. The van der Waals surface area contributed by atoms with E-state index in [2.05, 4.69) is 4.18 Å². The largest absolute Gasteiger partial charge is 0.399 e. The van der Waals surface area contributed by atoms with E-state index >= 15 is 0 Å². The highest BCUT2D eigenvalue weighted by atomic mass is 35.5. The third-order valence-corrected chi connectivity index (χ3v) is 2.73. The molecule has 0 bridgehead atoms. The highest BCUT2D eigenvalue weighted by molar-refractivity contribution is 7.88. The molecular weight excluding hydrogens is 214 g/mol. The molecule has 0 aliphatic rings. The molecule has 0 saturated carbocycles. The van der Waals surface area contributed by atoms with Crippen LogP contribution < -0.4 is 9.92 Å². The highest BCUT2D eigenvalue weighted by Gasteiger charge is 2.09. The molecule has 1 aromatic rings. The molecule has 72 valence electrons. The fourth-order valence-corrected chi connectivity index (χ4v) is 1.31. The van der Waals surface area contributed by atoms with E-state index in [0.717, 1.165) is 0 Å². The third-order valence-electron chi connectivity index (χ3n) is 1.21. The third kappa shape index (κ3) is 3.12. The van der Waals surface area contributed by atoms with Crippen molar-refractivity contribution in [1.82, 2.24) is 0 Å². The second-order valence-corrected chi connectivity index (χ2v) is 4.48. The first-order valence-corrected chi connectivity index (χ1v) is 5.48. The fraction of sp³-hybridized carbons (Fsp3) is 0.143. The topological polar surface area (TPSA) is 69.4 Å². The molecular formula is C7H8ClNO3S. The average Bonchev–Trinajstić information content (AvgIpc) is 2.03. The van der Waals surface area contributed by atoms with E-state index in [1.165, 1.54) is 12.1 Å². The van der Waals surface area contributed by atoms with Gasteiger partial charge in [-0.1, -0.05) is 6.07 Å². The standard InChI is InChI=1S/C7H8ClNO3S/c8-5-13(10,11)12-7-3-1-2-6(9)4-7/h1-4H,5,9H2. The minimum atomic E-state index is -3.68. The number of hydrogen-bond acceptors (Lipinski definition) is 4. The van der Waals surface area contributed by atoms with Crippen LogP contribution in [-0.4, -0.2) is 13.6 Å². The van der Waals surface area contributed by atoms with Crippen LogP contribution in [0.15, 0.2) is 24.3 Å². The van der Waals surface area contributed by atoms with Crippen LogP contribution in [0.4, 0.5) is 5.69 Å². The molecule has 0 spiro atoms. The number of nitrogens with two attached hydrogens (primary N) is 1. The summed E-state index contributed by atoms with van der Waals surface area (Å²) >= 11 is 5.14. The van der Waals surface area contributed by atoms with E-state index in [1.807, 2.05) is 0 Å². The lowest BCUT2D eigenvalue weighted by Gasteiger charge is -2.03. The van der Waals surface area contributed by atoms with Crippen LogP contribution in [0.1, 0.15) is 0 Å². The van der Waals surface area contributed by atoms with Crippen molar-refractivity contribution in [3.8, 4) is 5.75 Å². The van der Waals surface area contributed by atoms with Crippen molar-refractivity contribution >= 4 is 27.4 Å². The van der Waals surface area contributed by atoms with Gasteiger partial charge in [-0.05, 0) is 12.1 Å². The van der Waals surface area contributed by atoms with Crippen molar-refractivity contribution in [2.45, 2.75) is 0 Å². The maximum atomic E-state index is 10.9. The van der Waals surface area contributed by atoms with Crippen LogP contribution in [-0.2, 0) is 10.1 Å². The van der Waals surface area contributed by atoms with Crippen molar-refractivity contribution in [1.29, 1.82) is 0 Å². The molecule has 0 fully saturated rings. The van der Waals surface area contributed by atoms with Crippen molar-refractivity contribution in [3.05, 3.63) is 24.3 Å². The van der Waals surface area contributed by atoms with Crippen LogP contribution in [0.5, 0.6) is 5.75 Å². The Morgan fingerprint density at radius 2 is 2.15 bits per heavy atom. The van der Waals surface area contributed by atoms with Crippen molar-refractivity contribution in [2.24, 2.45) is 0 Å². The molecule has 6 heteroatoms. The Balaban J connectivity index is 2.87. The lowest BCUT2D eigenvalue weighted by atomic mass is 10.3. The first-order valence-electron chi connectivity index (χ1n) is 3.37. The molecule has 1 rings (SSSR count). The molecule has 0 aromatic heterocycles. The van der Waals surface area contributed by atoms with Gasteiger partial charge >= 0.3 is 10.1 Å². The van der Waals surface area contributed by atoms with Crippen LogP contribution in [0.2, 0.25) is 0 Å². The van der Waals surface area contributed by atoms with E-state index in [0.29, 0.717) is 5.69 Å². The summed E-state index contributed by atoms with van der Waals surface area (Å²) in [6.07, 6.45) is 0. The lowest BCUT2D eigenvalue weighted by Crippen LogP contribution is -2.09. The number of nitrogen functional groups attached to an aromatic ring is 1. The molecule has 4 nitrogen and oxygen atoms in total. The molecule has 0 radical (unpaired) electrons. The summed E-state index contributed by atoms with van der Waals surface area (Å²) in [6.45, 7) is 0. The van der Waals surface area contributed by atoms with Gasteiger partial charge in [0.15, 0.2) is 5.21 Å².